The molecular formula is C8H8FNO. The van der Waals surface area contributed by atoms with Crippen molar-refractivity contribution >= 4 is 0 Å². The molecule has 1 fully saturated rings. The van der Waals surface area contributed by atoms with Crippen molar-refractivity contribution in [3.8, 4) is 18.4 Å². The van der Waals surface area contributed by atoms with Gasteiger partial charge in [0.05, 0.1) is 6.07 Å². The van der Waals surface area contributed by atoms with E-state index in [2.05, 4.69) is 0 Å². The molecule has 0 aromatic carbocycles. The summed E-state index contributed by atoms with van der Waals surface area (Å²) in [6, 6.07) is 1.73. The first kappa shape index (κ1) is 8.04. The third-order valence-electron chi connectivity index (χ3n) is 2.23. The molecule has 0 radical (unpaired) electrons. The Bertz CT molecular complexity index is 260. The number of hydrogen-bond acceptors (Lipinski definition) is 2. The van der Waals surface area contributed by atoms with E-state index in [0.717, 1.165) is 0 Å². The van der Waals surface area contributed by atoms with Gasteiger partial charge in [-0.1, -0.05) is 5.92 Å². The van der Waals surface area contributed by atoms with E-state index in [0.29, 0.717) is 0 Å². The van der Waals surface area contributed by atoms with E-state index in [1.807, 2.05) is 5.92 Å². The van der Waals surface area contributed by atoms with Crippen LogP contribution in [0.3, 0.4) is 0 Å². The quantitative estimate of drug-likeness (QED) is 0.561. The van der Waals surface area contributed by atoms with Gasteiger partial charge in [0.1, 0.15) is 17.2 Å². The molecule has 0 spiro atoms. The molecule has 58 valence electrons. The van der Waals surface area contributed by atoms with Crippen molar-refractivity contribution in [3.63, 3.8) is 0 Å². The molecule has 1 saturated carbocycles. The Balaban J connectivity index is 2.94. The maximum atomic E-state index is 12.6. The molecule has 3 heteroatoms. The van der Waals surface area contributed by atoms with E-state index < -0.39 is 17.2 Å². The maximum absolute atomic E-state index is 12.6. The van der Waals surface area contributed by atoms with Gasteiger partial charge in [0.25, 0.3) is 0 Å². The Morgan fingerprint density at radius 3 is 2.45 bits per heavy atom. The molecule has 0 heterocycles. The fraction of sp³-hybridized carbons (Fsp3) is 0.625. The van der Waals surface area contributed by atoms with Crippen LogP contribution in [0.5, 0.6) is 0 Å². The summed E-state index contributed by atoms with van der Waals surface area (Å²) in [5, 5.41) is 17.9. The van der Waals surface area contributed by atoms with Crippen LogP contribution in [0.4, 0.5) is 4.39 Å². The highest BCUT2D eigenvalue weighted by molar-refractivity contribution is 5.32. The zero-order valence-corrected chi connectivity index (χ0v) is 6.13. The van der Waals surface area contributed by atoms with Crippen molar-refractivity contribution < 1.29 is 9.50 Å². The van der Waals surface area contributed by atoms with Crippen molar-refractivity contribution in [1.29, 1.82) is 5.26 Å². The third kappa shape index (κ3) is 0.818. The molecule has 1 aliphatic carbocycles. The van der Waals surface area contributed by atoms with Crippen LogP contribution in [0, 0.1) is 29.1 Å². The number of nitrogens with zero attached hydrogens (tertiary/aromatic N) is 1. The van der Waals surface area contributed by atoms with E-state index in [4.69, 9.17) is 11.7 Å². The number of aliphatic hydroxyl groups is 1. The smallest absolute Gasteiger partial charge is 0.143 e. The zero-order valence-electron chi connectivity index (χ0n) is 6.13. The monoisotopic (exact) mass is 153 g/mol. The Hall–Kier alpha value is -1.06. The number of terminal acetylenes is 1. The van der Waals surface area contributed by atoms with Crippen LogP contribution in [0.15, 0.2) is 0 Å². The van der Waals surface area contributed by atoms with Gasteiger partial charge in [0, 0.05) is 6.42 Å². The minimum atomic E-state index is -1.64. The van der Waals surface area contributed by atoms with E-state index in [1.165, 1.54) is 6.92 Å². The molecule has 0 aromatic rings. The molecule has 0 aromatic heterocycles. The second kappa shape index (κ2) is 1.96. The van der Waals surface area contributed by atoms with Gasteiger partial charge >= 0.3 is 0 Å². The first-order valence-electron chi connectivity index (χ1n) is 3.25. The van der Waals surface area contributed by atoms with Gasteiger partial charge in [-0.2, -0.15) is 5.26 Å². The van der Waals surface area contributed by atoms with Crippen LogP contribution in [0.25, 0.3) is 0 Å². The summed E-state index contributed by atoms with van der Waals surface area (Å²) in [6.45, 7) is 1.29. The summed E-state index contributed by atoms with van der Waals surface area (Å²) < 4.78 is 12.6. The molecule has 2 nitrogen and oxygen atoms in total. The summed E-state index contributed by atoms with van der Waals surface area (Å²) in [5.41, 5.74) is -2.98. The molecule has 0 bridgehead atoms. The molecule has 1 aliphatic rings. The normalized spacial score (nSPS) is 39.9. The lowest BCUT2D eigenvalue weighted by molar-refractivity contribution is 0.0562. The summed E-state index contributed by atoms with van der Waals surface area (Å²) in [4.78, 5) is 0. The highest BCUT2D eigenvalue weighted by Crippen LogP contribution is 2.55. The van der Waals surface area contributed by atoms with Gasteiger partial charge in [-0.3, -0.25) is 0 Å². The Morgan fingerprint density at radius 2 is 2.36 bits per heavy atom. The lowest BCUT2D eigenvalue weighted by atomic mass is 9.88. The van der Waals surface area contributed by atoms with E-state index in [-0.39, 0.29) is 6.42 Å². The fourth-order valence-corrected chi connectivity index (χ4v) is 1.08. The molecular weight excluding hydrogens is 145 g/mol. The molecule has 1 rings (SSSR count). The molecule has 0 saturated heterocycles. The highest BCUT2D eigenvalue weighted by atomic mass is 19.1. The predicted molar refractivity (Wildman–Crippen MR) is 37.0 cm³/mol. The fourth-order valence-electron chi connectivity index (χ4n) is 1.08. The summed E-state index contributed by atoms with van der Waals surface area (Å²) in [7, 11) is 0. The zero-order chi connectivity index (χ0) is 8.70. The second-order valence-corrected chi connectivity index (χ2v) is 2.97. The highest BCUT2D eigenvalue weighted by Gasteiger charge is 2.66. The van der Waals surface area contributed by atoms with E-state index >= 15 is 0 Å². The van der Waals surface area contributed by atoms with Crippen LogP contribution in [0.2, 0.25) is 0 Å². The average Bonchev–Trinajstić information content (AvgIpc) is 2.63. The number of halogens is 1. The first-order valence-corrected chi connectivity index (χ1v) is 3.25. The van der Waals surface area contributed by atoms with Gasteiger partial charge in [-0.05, 0) is 6.92 Å². The van der Waals surface area contributed by atoms with Gasteiger partial charge in [0.2, 0.25) is 0 Å². The topological polar surface area (TPSA) is 44.0 Å². The standard InChI is InChI=1S/C8H8FNO/c1-3-7(2,11)8(5-10)4-6(8)9/h1,6,11H,4H2,2H3/t6-,7-,8+/m0/s1. The number of hydrogen-bond donors (Lipinski definition) is 1. The van der Waals surface area contributed by atoms with Gasteiger partial charge in [0.15, 0.2) is 0 Å². The SMILES string of the molecule is C#C[C@](C)(O)[C@@]1(C#N)C[C@@H]1F. The van der Waals surface area contributed by atoms with Crippen molar-refractivity contribution in [1.82, 2.24) is 0 Å². The van der Waals surface area contributed by atoms with E-state index in [1.54, 1.807) is 6.07 Å². The lowest BCUT2D eigenvalue weighted by Gasteiger charge is -2.20. The number of rotatable bonds is 1. The Kier molecular flexibility index (Phi) is 1.44. The molecule has 1 N–H and O–H groups in total. The van der Waals surface area contributed by atoms with Crippen LogP contribution in [-0.2, 0) is 0 Å². The molecule has 0 unspecified atom stereocenters. The van der Waals surface area contributed by atoms with Crippen LogP contribution < -0.4 is 0 Å². The van der Waals surface area contributed by atoms with Crippen molar-refractivity contribution in [2.24, 2.45) is 5.41 Å². The first-order chi connectivity index (χ1) is 5.00. The lowest BCUT2D eigenvalue weighted by Crippen LogP contribution is -2.35. The van der Waals surface area contributed by atoms with E-state index in [9.17, 15) is 9.50 Å². The summed E-state index contributed by atoms with van der Waals surface area (Å²) in [5.74, 6) is 2.02. The minimum Gasteiger partial charge on any atom is -0.376 e. The van der Waals surface area contributed by atoms with Crippen molar-refractivity contribution in [2.45, 2.75) is 25.1 Å². The van der Waals surface area contributed by atoms with Crippen molar-refractivity contribution in [3.05, 3.63) is 0 Å². The van der Waals surface area contributed by atoms with Gasteiger partial charge < -0.3 is 5.11 Å². The maximum Gasteiger partial charge on any atom is 0.143 e. The summed E-state index contributed by atoms with van der Waals surface area (Å²) in [6.07, 6.45) is 3.72. The van der Waals surface area contributed by atoms with Crippen LogP contribution in [-0.4, -0.2) is 16.9 Å². The Labute approximate surface area is 64.6 Å². The second-order valence-electron chi connectivity index (χ2n) is 2.97. The molecule has 0 amide bonds. The van der Waals surface area contributed by atoms with Gasteiger partial charge in [-0.25, -0.2) is 4.39 Å². The van der Waals surface area contributed by atoms with Crippen molar-refractivity contribution in [2.75, 3.05) is 0 Å². The minimum absolute atomic E-state index is 0.0424. The van der Waals surface area contributed by atoms with Crippen LogP contribution >= 0.6 is 0 Å². The number of nitriles is 1. The summed E-state index contributed by atoms with van der Waals surface area (Å²) >= 11 is 0. The Morgan fingerprint density at radius 1 is 1.91 bits per heavy atom. The van der Waals surface area contributed by atoms with Crippen LogP contribution in [0.1, 0.15) is 13.3 Å². The molecule has 11 heavy (non-hydrogen) atoms. The number of alkyl halides is 1. The molecule has 0 aliphatic heterocycles. The third-order valence-corrected chi connectivity index (χ3v) is 2.23. The van der Waals surface area contributed by atoms with Gasteiger partial charge in [-0.15, -0.1) is 6.42 Å². The predicted octanol–water partition coefficient (Wildman–Crippen LogP) is 0.622. The molecule has 3 atom stereocenters. The largest absolute Gasteiger partial charge is 0.376 e. The average molecular weight is 153 g/mol.